The fraction of sp³-hybridized carbons (Fsp3) is 0.500. The predicted octanol–water partition coefficient (Wildman–Crippen LogP) is 5.06. The fourth-order valence-corrected chi connectivity index (χ4v) is 5.07. The molecule has 7 heteroatoms. The van der Waals surface area contributed by atoms with Gasteiger partial charge in [-0.25, -0.2) is 9.97 Å². The van der Waals surface area contributed by atoms with Gasteiger partial charge in [0.1, 0.15) is 5.52 Å². The lowest BCUT2D eigenvalue weighted by Gasteiger charge is -2.32. The number of imidazole rings is 1. The molecular formula is C28H37N7. The van der Waals surface area contributed by atoms with Crippen LogP contribution >= 0.6 is 0 Å². The summed E-state index contributed by atoms with van der Waals surface area (Å²) in [4.78, 5) is 17.0. The van der Waals surface area contributed by atoms with Gasteiger partial charge < -0.3 is 9.47 Å². The lowest BCUT2D eigenvalue weighted by atomic mass is 9.84. The monoisotopic (exact) mass is 471 g/mol. The van der Waals surface area contributed by atoms with Gasteiger partial charge >= 0.3 is 0 Å². The quantitative estimate of drug-likeness (QED) is 0.393. The number of hydrogen-bond donors (Lipinski definition) is 0. The Morgan fingerprint density at radius 1 is 1.09 bits per heavy atom. The van der Waals surface area contributed by atoms with Gasteiger partial charge in [0, 0.05) is 45.5 Å². The first-order chi connectivity index (χ1) is 16.8. The molecule has 3 aromatic heterocycles. The highest BCUT2D eigenvalue weighted by Crippen LogP contribution is 2.29. The number of anilines is 1. The lowest BCUT2D eigenvalue weighted by Crippen LogP contribution is -2.35. The maximum absolute atomic E-state index is 5.14. The summed E-state index contributed by atoms with van der Waals surface area (Å²) in [5.41, 5.74) is 6.96. The molecule has 0 atom stereocenters. The Hall–Kier alpha value is -3.22. The molecule has 0 amide bonds. The number of hydrogen-bond acceptors (Lipinski definition) is 5. The van der Waals surface area contributed by atoms with Crippen molar-refractivity contribution in [2.45, 2.75) is 65.3 Å². The third-order valence-corrected chi connectivity index (χ3v) is 7.43. The molecule has 0 radical (unpaired) electrons. The number of piperidine rings is 1. The predicted molar refractivity (Wildman–Crippen MR) is 141 cm³/mol. The Morgan fingerprint density at radius 3 is 2.60 bits per heavy atom. The van der Waals surface area contributed by atoms with Crippen molar-refractivity contribution in [1.82, 2.24) is 29.3 Å². The Bertz CT molecular complexity index is 1290. The minimum absolute atomic E-state index is 0.114. The molecule has 0 bridgehead atoms. The Labute approximate surface area is 208 Å². The van der Waals surface area contributed by atoms with Crippen molar-refractivity contribution >= 4 is 17.1 Å². The van der Waals surface area contributed by atoms with E-state index in [0.29, 0.717) is 0 Å². The minimum Gasteiger partial charge on any atom is -0.341 e. The van der Waals surface area contributed by atoms with E-state index in [9.17, 15) is 0 Å². The van der Waals surface area contributed by atoms with Gasteiger partial charge in [0.25, 0.3) is 0 Å². The molecule has 1 saturated heterocycles. The summed E-state index contributed by atoms with van der Waals surface area (Å²) in [6.07, 6.45) is 10.0. The SMILES string of the molecule is Cc1ccc(C(C)(C)C)cc1Cc1nc(N2CCC(CCn3cccn3)CC2)nc2ncn(C)c12. The zero-order chi connectivity index (χ0) is 24.6. The lowest BCUT2D eigenvalue weighted by molar-refractivity contribution is 0.352. The van der Waals surface area contributed by atoms with Gasteiger partial charge in [-0.15, -0.1) is 0 Å². The minimum atomic E-state index is 0.114. The van der Waals surface area contributed by atoms with Crippen molar-refractivity contribution in [3.63, 3.8) is 0 Å². The fourth-order valence-electron chi connectivity index (χ4n) is 5.07. The highest BCUT2D eigenvalue weighted by atomic mass is 15.3. The number of nitrogens with zero attached hydrogens (tertiary/aromatic N) is 7. The third-order valence-electron chi connectivity index (χ3n) is 7.43. The molecule has 184 valence electrons. The molecule has 4 heterocycles. The van der Waals surface area contributed by atoms with Crippen LogP contribution in [-0.2, 0) is 25.4 Å². The number of aryl methyl sites for hydroxylation is 3. The van der Waals surface area contributed by atoms with Crippen molar-refractivity contribution in [2.75, 3.05) is 18.0 Å². The number of benzene rings is 1. The second-order valence-electron chi connectivity index (χ2n) is 11.1. The van der Waals surface area contributed by atoms with Gasteiger partial charge in [0.2, 0.25) is 5.95 Å². The van der Waals surface area contributed by atoms with Crippen molar-refractivity contribution in [3.05, 3.63) is 65.4 Å². The third kappa shape index (κ3) is 5.09. The van der Waals surface area contributed by atoms with Crippen molar-refractivity contribution in [2.24, 2.45) is 13.0 Å². The number of rotatable bonds is 6. The van der Waals surface area contributed by atoms with Crippen LogP contribution in [0.15, 0.2) is 43.0 Å². The molecule has 0 spiro atoms. The average molecular weight is 472 g/mol. The van der Waals surface area contributed by atoms with E-state index in [4.69, 9.17) is 9.97 Å². The van der Waals surface area contributed by atoms with E-state index in [0.717, 1.165) is 67.6 Å². The molecule has 0 unspecified atom stereocenters. The first kappa shape index (κ1) is 23.5. The summed E-state index contributed by atoms with van der Waals surface area (Å²) in [6, 6.07) is 8.84. The van der Waals surface area contributed by atoms with Gasteiger partial charge in [0.05, 0.1) is 12.0 Å². The molecule has 7 nitrogen and oxygen atoms in total. The summed E-state index contributed by atoms with van der Waals surface area (Å²) in [5, 5.41) is 4.34. The van der Waals surface area contributed by atoms with Crippen LogP contribution in [0.2, 0.25) is 0 Å². The molecule has 0 N–H and O–H groups in total. The van der Waals surface area contributed by atoms with Crippen LogP contribution in [0.5, 0.6) is 0 Å². The summed E-state index contributed by atoms with van der Waals surface area (Å²) >= 11 is 0. The van der Waals surface area contributed by atoms with Crippen LogP contribution in [0.3, 0.4) is 0 Å². The maximum atomic E-state index is 5.14. The molecule has 1 aliphatic rings. The Kier molecular flexibility index (Phi) is 6.34. The maximum Gasteiger partial charge on any atom is 0.227 e. The van der Waals surface area contributed by atoms with E-state index in [-0.39, 0.29) is 5.41 Å². The van der Waals surface area contributed by atoms with E-state index in [2.05, 4.69) is 65.4 Å². The first-order valence-corrected chi connectivity index (χ1v) is 12.8. The van der Waals surface area contributed by atoms with E-state index < -0.39 is 0 Å². The molecule has 1 fully saturated rings. The summed E-state index contributed by atoms with van der Waals surface area (Å²) < 4.78 is 4.09. The van der Waals surface area contributed by atoms with E-state index in [1.165, 1.54) is 23.1 Å². The van der Waals surface area contributed by atoms with Crippen LogP contribution in [-0.4, -0.2) is 42.4 Å². The van der Waals surface area contributed by atoms with Gasteiger partial charge in [-0.05, 0) is 60.3 Å². The molecule has 35 heavy (non-hydrogen) atoms. The highest BCUT2D eigenvalue weighted by Gasteiger charge is 2.23. The van der Waals surface area contributed by atoms with Crippen molar-refractivity contribution < 1.29 is 0 Å². The zero-order valence-electron chi connectivity index (χ0n) is 21.7. The largest absolute Gasteiger partial charge is 0.341 e. The number of aromatic nitrogens is 6. The topological polar surface area (TPSA) is 64.7 Å². The van der Waals surface area contributed by atoms with Gasteiger partial charge in [-0.1, -0.05) is 39.0 Å². The van der Waals surface area contributed by atoms with Crippen LogP contribution in [0.25, 0.3) is 11.2 Å². The first-order valence-electron chi connectivity index (χ1n) is 12.8. The van der Waals surface area contributed by atoms with Crippen molar-refractivity contribution in [3.8, 4) is 0 Å². The second-order valence-corrected chi connectivity index (χ2v) is 11.1. The summed E-state index contributed by atoms with van der Waals surface area (Å²) in [6.45, 7) is 12.0. The van der Waals surface area contributed by atoms with Gasteiger partial charge in [-0.2, -0.15) is 10.1 Å². The molecular weight excluding hydrogens is 434 g/mol. The van der Waals surface area contributed by atoms with Crippen LogP contribution in [0, 0.1) is 12.8 Å². The highest BCUT2D eigenvalue weighted by molar-refractivity contribution is 5.75. The average Bonchev–Trinajstić information content (AvgIpc) is 3.49. The molecule has 1 aromatic carbocycles. The summed E-state index contributed by atoms with van der Waals surface area (Å²) in [5.74, 6) is 1.54. The Morgan fingerprint density at radius 2 is 1.89 bits per heavy atom. The molecule has 1 aliphatic heterocycles. The molecule has 0 aliphatic carbocycles. The van der Waals surface area contributed by atoms with Gasteiger partial charge in [0.15, 0.2) is 5.65 Å². The molecule has 5 rings (SSSR count). The smallest absolute Gasteiger partial charge is 0.227 e. The number of fused-ring (bicyclic) bond motifs is 1. The van der Waals surface area contributed by atoms with E-state index in [1.54, 1.807) is 0 Å². The van der Waals surface area contributed by atoms with Crippen LogP contribution in [0.1, 0.15) is 62.4 Å². The Balaban J connectivity index is 1.37. The van der Waals surface area contributed by atoms with E-state index >= 15 is 0 Å². The van der Waals surface area contributed by atoms with Crippen molar-refractivity contribution in [1.29, 1.82) is 0 Å². The summed E-state index contributed by atoms with van der Waals surface area (Å²) in [7, 11) is 2.03. The van der Waals surface area contributed by atoms with Crippen LogP contribution < -0.4 is 4.90 Å². The second kappa shape index (κ2) is 9.44. The standard InChI is InChI=1S/C28H37N7/c1-20-7-8-23(28(2,3)4)17-22(20)18-24-25-26(29-19-33(25)5)32-27(31-24)34-14-9-21(10-15-34)11-16-35-13-6-12-30-35/h6-8,12-13,17,19,21H,9-11,14-16,18H2,1-5H3. The van der Waals surface area contributed by atoms with E-state index in [1.807, 2.05) is 36.5 Å². The van der Waals surface area contributed by atoms with Gasteiger partial charge in [-0.3, -0.25) is 4.68 Å². The molecule has 4 aromatic rings. The zero-order valence-corrected chi connectivity index (χ0v) is 21.7. The van der Waals surface area contributed by atoms with Crippen LogP contribution in [0.4, 0.5) is 5.95 Å². The normalized spacial score (nSPS) is 15.3. The molecule has 0 saturated carbocycles.